The van der Waals surface area contributed by atoms with E-state index in [1.54, 1.807) is 0 Å². The van der Waals surface area contributed by atoms with Crippen molar-refractivity contribution >= 4 is 15.7 Å². The third kappa shape index (κ3) is 5.20. The van der Waals surface area contributed by atoms with Gasteiger partial charge in [0.2, 0.25) is 15.7 Å². The maximum Gasteiger partial charge on any atom is 0.227 e. The maximum atomic E-state index is 12.4. The van der Waals surface area contributed by atoms with Crippen molar-refractivity contribution in [2.24, 2.45) is 10.8 Å². The molecule has 0 radical (unpaired) electrons. The second-order valence-electron chi connectivity index (χ2n) is 8.43. The highest BCUT2D eigenvalue weighted by molar-refractivity contribution is 7.91. The summed E-state index contributed by atoms with van der Waals surface area (Å²) in [5, 5.41) is 9.26. The zero-order valence-corrected chi connectivity index (χ0v) is 16.8. The van der Waals surface area contributed by atoms with Crippen molar-refractivity contribution in [2.45, 2.75) is 45.4 Å². The molecule has 1 fully saturated rings. The lowest BCUT2D eigenvalue weighted by Crippen LogP contribution is -2.47. The number of carbonyl (C=O) groups excluding carboxylic acids is 1. The van der Waals surface area contributed by atoms with E-state index in [4.69, 9.17) is 4.74 Å². The van der Waals surface area contributed by atoms with Crippen molar-refractivity contribution in [2.75, 3.05) is 25.6 Å². The van der Waals surface area contributed by atoms with Crippen molar-refractivity contribution in [1.29, 1.82) is 0 Å². The van der Waals surface area contributed by atoms with Crippen LogP contribution in [0.5, 0.6) is 5.75 Å². The average Bonchev–Trinajstić information content (AvgIpc) is 2.54. The number of piperidine rings is 1. The highest BCUT2D eigenvalue weighted by atomic mass is 32.2. The molecule has 1 amide bonds. The van der Waals surface area contributed by atoms with Gasteiger partial charge in [0.15, 0.2) is 5.94 Å². The van der Waals surface area contributed by atoms with Gasteiger partial charge in [0.05, 0.1) is 11.5 Å². The topological polar surface area (TPSA) is 83.9 Å². The molecule has 2 rings (SSSR count). The van der Waals surface area contributed by atoms with Gasteiger partial charge in [-0.3, -0.25) is 4.79 Å². The predicted molar refractivity (Wildman–Crippen MR) is 99.5 cm³/mol. The Labute approximate surface area is 156 Å². The number of aromatic hydroxyl groups is 1. The molecular formula is C19H29NO5S. The molecule has 1 saturated heterocycles. The Kier molecular flexibility index (Phi) is 6.02. The molecule has 1 aliphatic heterocycles. The van der Waals surface area contributed by atoms with Crippen molar-refractivity contribution in [3.05, 3.63) is 24.3 Å². The highest BCUT2D eigenvalue weighted by Gasteiger charge is 2.35. The molecule has 1 heterocycles. The molecule has 0 unspecified atom stereocenters. The third-order valence-electron chi connectivity index (χ3n) is 4.78. The summed E-state index contributed by atoms with van der Waals surface area (Å²) in [7, 11) is -3.55. The normalized spacial score (nSPS) is 17.9. The van der Waals surface area contributed by atoms with Crippen LogP contribution in [0.3, 0.4) is 0 Å². The summed E-state index contributed by atoms with van der Waals surface area (Å²) in [6.45, 7) is 9.49. The molecule has 0 bridgehead atoms. The molecule has 0 saturated carbocycles. The molecule has 0 aliphatic carbocycles. The fourth-order valence-electron chi connectivity index (χ4n) is 2.99. The summed E-state index contributed by atoms with van der Waals surface area (Å²) >= 11 is 0. The van der Waals surface area contributed by atoms with Crippen LogP contribution in [0.1, 0.15) is 40.5 Å². The molecular weight excluding hydrogens is 354 g/mol. The molecule has 0 aromatic heterocycles. The molecule has 0 atom stereocenters. The van der Waals surface area contributed by atoms with E-state index in [1.807, 2.05) is 25.7 Å². The Hall–Kier alpha value is -1.60. The number of rotatable bonds is 5. The minimum Gasteiger partial charge on any atom is -0.508 e. The Balaban J connectivity index is 1.86. The molecule has 1 aromatic carbocycles. The lowest BCUT2D eigenvalue weighted by Gasteiger charge is -2.41. The SMILES string of the molecule is CC1(COCS(=O)(=O)c2ccc(O)cc2)CCN(C(=O)C(C)(C)C)CC1. The summed E-state index contributed by atoms with van der Waals surface area (Å²) in [5.74, 6) is -0.220. The number of hydrogen-bond acceptors (Lipinski definition) is 5. The molecule has 0 spiro atoms. The number of phenolic OH excluding ortho intramolecular Hbond substituents is 1. The van der Waals surface area contributed by atoms with Crippen LogP contribution < -0.4 is 0 Å². The minimum atomic E-state index is -3.55. The van der Waals surface area contributed by atoms with E-state index in [0.29, 0.717) is 19.7 Å². The number of likely N-dealkylation sites (tertiary alicyclic amines) is 1. The molecule has 146 valence electrons. The van der Waals surface area contributed by atoms with Crippen molar-refractivity contribution < 1.29 is 23.1 Å². The van der Waals surface area contributed by atoms with Gasteiger partial charge in [0.1, 0.15) is 5.75 Å². The monoisotopic (exact) mass is 383 g/mol. The fourth-order valence-corrected chi connectivity index (χ4v) is 3.98. The standard InChI is InChI=1S/C19H29NO5S/c1-18(2,3)17(22)20-11-9-19(4,10-12-20)13-25-14-26(23,24)16-7-5-15(21)6-8-16/h5-8,21H,9-14H2,1-4H3. The van der Waals surface area contributed by atoms with Gasteiger partial charge >= 0.3 is 0 Å². The maximum absolute atomic E-state index is 12.4. The van der Waals surface area contributed by atoms with Gasteiger partial charge in [-0.05, 0) is 42.5 Å². The van der Waals surface area contributed by atoms with E-state index in [2.05, 4.69) is 6.92 Å². The first-order valence-electron chi connectivity index (χ1n) is 8.82. The number of ether oxygens (including phenoxy) is 1. The number of carbonyl (C=O) groups is 1. The Bertz CT molecular complexity index is 726. The highest BCUT2D eigenvalue weighted by Crippen LogP contribution is 2.33. The summed E-state index contributed by atoms with van der Waals surface area (Å²) in [4.78, 5) is 14.4. The van der Waals surface area contributed by atoms with Crippen molar-refractivity contribution in [3.8, 4) is 5.75 Å². The molecule has 1 N–H and O–H groups in total. The first-order valence-corrected chi connectivity index (χ1v) is 10.5. The van der Waals surface area contributed by atoms with E-state index in [-0.39, 0.29) is 27.4 Å². The summed E-state index contributed by atoms with van der Waals surface area (Å²) in [6.07, 6.45) is 1.57. The van der Waals surface area contributed by atoms with Crippen LogP contribution in [0.2, 0.25) is 0 Å². The smallest absolute Gasteiger partial charge is 0.227 e. The third-order valence-corrected chi connectivity index (χ3v) is 6.25. The largest absolute Gasteiger partial charge is 0.508 e. The molecule has 6 nitrogen and oxygen atoms in total. The molecule has 26 heavy (non-hydrogen) atoms. The van der Waals surface area contributed by atoms with Gasteiger partial charge in [-0.2, -0.15) is 0 Å². The van der Waals surface area contributed by atoms with E-state index in [0.717, 1.165) is 12.8 Å². The number of hydrogen-bond donors (Lipinski definition) is 1. The predicted octanol–water partition coefficient (Wildman–Crippen LogP) is 2.81. The quantitative estimate of drug-likeness (QED) is 0.845. The van der Waals surface area contributed by atoms with Gasteiger partial charge in [-0.1, -0.05) is 27.7 Å². The number of benzene rings is 1. The van der Waals surface area contributed by atoms with E-state index < -0.39 is 15.8 Å². The molecule has 7 heteroatoms. The second-order valence-corrected chi connectivity index (χ2v) is 10.4. The van der Waals surface area contributed by atoms with E-state index >= 15 is 0 Å². The van der Waals surface area contributed by atoms with Crippen molar-refractivity contribution in [3.63, 3.8) is 0 Å². The Morgan fingerprint density at radius 2 is 1.73 bits per heavy atom. The first-order chi connectivity index (χ1) is 11.9. The zero-order valence-electron chi connectivity index (χ0n) is 16.0. The number of phenols is 1. The van der Waals surface area contributed by atoms with Crippen LogP contribution in [0.25, 0.3) is 0 Å². The van der Waals surface area contributed by atoms with E-state index in [1.165, 1.54) is 24.3 Å². The van der Waals surface area contributed by atoms with Gasteiger partial charge in [0.25, 0.3) is 0 Å². The average molecular weight is 384 g/mol. The first kappa shape index (κ1) is 20.7. The molecule has 1 aliphatic rings. The van der Waals surface area contributed by atoms with Gasteiger partial charge in [-0.15, -0.1) is 0 Å². The van der Waals surface area contributed by atoms with Gasteiger partial charge < -0.3 is 14.7 Å². The summed E-state index contributed by atoms with van der Waals surface area (Å²) < 4.78 is 30.1. The van der Waals surface area contributed by atoms with Crippen LogP contribution in [0, 0.1) is 10.8 Å². The fraction of sp³-hybridized carbons (Fsp3) is 0.632. The Morgan fingerprint density at radius 1 is 1.19 bits per heavy atom. The number of nitrogens with zero attached hydrogens (tertiary/aromatic N) is 1. The lowest BCUT2D eigenvalue weighted by atomic mass is 9.80. The Morgan fingerprint density at radius 3 is 2.23 bits per heavy atom. The second kappa shape index (κ2) is 7.56. The summed E-state index contributed by atoms with van der Waals surface area (Å²) in [5.41, 5.74) is -0.526. The van der Waals surface area contributed by atoms with E-state index in [9.17, 15) is 18.3 Å². The summed E-state index contributed by atoms with van der Waals surface area (Å²) in [6, 6.07) is 5.42. The van der Waals surface area contributed by atoms with Crippen LogP contribution in [0.15, 0.2) is 29.2 Å². The van der Waals surface area contributed by atoms with Crippen LogP contribution >= 0.6 is 0 Å². The van der Waals surface area contributed by atoms with Crippen LogP contribution in [-0.4, -0.2) is 50.0 Å². The minimum absolute atomic E-state index is 0.0222. The van der Waals surface area contributed by atoms with Gasteiger partial charge in [-0.25, -0.2) is 8.42 Å². The van der Waals surface area contributed by atoms with Crippen molar-refractivity contribution in [1.82, 2.24) is 4.90 Å². The number of sulfone groups is 1. The van der Waals surface area contributed by atoms with Gasteiger partial charge in [0, 0.05) is 18.5 Å². The molecule has 1 aromatic rings. The zero-order chi connectivity index (χ0) is 19.6. The number of amides is 1. The van der Waals surface area contributed by atoms with Crippen LogP contribution in [0.4, 0.5) is 0 Å². The lowest BCUT2D eigenvalue weighted by molar-refractivity contribution is -0.142. The van der Waals surface area contributed by atoms with Crippen LogP contribution in [-0.2, 0) is 19.4 Å².